The van der Waals surface area contributed by atoms with Gasteiger partial charge in [0, 0.05) is 18.9 Å². The van der Waals surface area contributed by atoms with Gasteiger partial charge in [0.25, 0.3) is 0 Å². The number of hydrogen-bond acceptors (Lipinski definition) is 2. The summed E-state index contributed by atoms with van der Waals surface area (Å²) in [6.07, 6.45) is 2.48. The normalized spacial score (nSPS) is 13.2. The molecule has 1 unspecified atom stereocenters. The molecular weight excluding hydrogens is 218 g/mol. The second kappa shape index (κ2) is 7.30. The number of carboxylic acids is 1. The monoisotopic (exact) mass is 243 g/mol. The predicted octanol–water partition coefficient (Wildman–Crippen LogP) is 2.43. The maximum Gasteiger partial charge on any atom is 0.303 e. The van der Waals surface area contributed by atoms with Gasteiger partial charge in [0.15, 0.2) is 0 Å². The van der Waals surface area contributed by atoms with Gasteiger partial charge >= 0.3 is 5.97 Å². The summed E-state index contributed by atoms with van der Waals surface area (Å²) in [6, 6.07) is 0. The summed E-state index contributed by atoms with van der Waals surface area (Å²) >= 11 is 0. The quantitative estimate of drug-likeness (QED) is 0.688. The second-order valence-corrected chi connectivity index (χ2v) is 5.41. The van der Waals surface area contributed by atoms with Crippen molar-refractivity contribution in [2.75, 3.05) is 6.54 Å². The van der Waals surface area contributed by atoms with Crippen molar-refractivity contribution in [1.82, 2.24) is 5.32 Å². The topological polar surface area (TPSA) is 66.4 Å². The zero-order valence-corrected chi connectivity index (χ0v) is 11.4. The summed E-state index contributed by atoms with van der Waals surface area (Å²) in [7, 11) is 0. The number of carbonyl (C=O) groups excluding carboxylic acids is 1. The third-order valence-electron chi connectivity index (χ3n) is 3.18. The van der Waals surface area contributed by atoms with Gasteiger partial charge < -0.3 is 10.4 Å². The molecule has 0 bridgehead atoms. The number of amides is 1. The van der Waals surface area contributed by atoms with Crippen LogP contribution in [0.1, 0.15) is 53.4 Å². The van der Waals surface area contributed by atoms with E-state index in [0.29, 0.717) is 13.0 Å². The maximum atomic E-state index is 11.5. The molecular formula is C13H25NO3. The number of carbonyl (C=O) groups is 2. The molecule has 0 fully saturated rings. The highest BCUT2D eigenvalue weighted by Crippen LogP contribution is 2.26. The van der Waals surface area contributed by atoms with Crippen molar-refractivity contribution in [3.63, 3.8) is 0 Å². The molecule has 0 aromatic heterocycles. The van der Waals surface area contributed by atoms with Gasteiger partial charge in [-0.25, -0.2) is 0 Å². The van der Waals surface area contributed by atoms with Crippen molar-refractivity contribution >= 4 is 11.9 Å². The van der Waals surface area contributed by atoms with Crippen LogP contribution in [0.15, 0.2) is 0 Å². The lowest BCUT2D eigenvalue weighted by Gasteiger charge is -2.24. The van der Waals surface area contributed by atoms with E-state index in [1.54, 1.807) is 0 Å². The first kappa shape index (κ1) is 15.9. The molecule has 0 aliphatic rings. The average Bonchev–Trinajstić information content (AvgIpc) is 2.25. The van der Waals surface area contributed by atoms with Crippen LogP contribution >= 0.6 is 0 Å². The number of nitrogens with one attached hydrogen (secondary N) is 1. The van der Waals surface area contributed by atoms with E-state index in [0.717, 1.165) is 12.8 Å². The third kappa shape index (κ3) is 7.77. The Bertz CT molecular complexity index is 261. The molecule has 0 rings (SSSR count). The van der Waals surface area contributed by atoms with E-state index in [-0.39, 0.29) is 23.7 Å². The Hall–Kier alpha value is -1.06. The molecule has 4 nitrogen and oxygen atoms in total. The minimum atomic E-state index is -0.762. The van der Waals surface area contributed by atoms with Gasteiger partial charge in [-0.2, -0.15) is 0 Å². The lowest BCUT2D eigenvalue weighted by Crippen LogP contribution is -2.32. The minimum absolute atomic E-state index is 0.0406. The highest BCUT2D eigenvalue weighted by molar-refractivity contribution is 5.78. The Morgan fingerprint density at radius 2 is 1.88 bits per heavy atom. The van der Waals surface area contributed by atoms with Crippen LogP contribution in [0.5, 0.6) is 0 Å². The Morgan fingerprint density at radius 3 is 2.35 bits per heavy atom. The van der Waals surface area contributed by atoms with E-state index in [9.17, 15) is 9.59 Å². The number of carboxylic acid groups (broad SMARTS) is 1. The molecule has 100 valence electrons. The van der Waals surface area contributed by atoms with Gasteiger partial charge in [0.1, 0.15) is 0 Å². The fourth-order valence-electron chi connectivity index (χ4n) is 1.45. The fourth-order valence-corrected chi connectivity index (χ4v) is 1.45. The van der Waals surface area contributed by atoms with Crippen molar-refractivity contribution in [3.8, 4) is 0 Å². The number of rotatable bonds is 8. The van der Waals surface area contributed by atoms with Crippen molar-refractivity contribution in [2.45, 2.75) is 53.4 Å². The predicted molar refractivity (Wildman–Crippen MR) is 67.7 cm³/mol. The summed E-state index contributed by atoms with van der Waals surface area (Å²) in [5, 5.41) is 11.5. The van der Waals surface area contributed by atoms with Crippen LogP contribution in [-0.4, -0.2) is 23.5 Å². The molecule has 2 N–H and O–H groups in total. The summed E-state index contributed by atoms with van der Waals surface area (Å²) in [6.45, 7) is 8.58. The van der Waals surface area contributed by atoms with Crippen molar-refractivity contribution in [3.05, 3.63) is 0 Å². The standard InChI is InChI=1S/C13H25NO3/c1-5-10(2)12(17)14-9-8-13(3,4)7-6-11(15)16/h10H,5-9H2,1-4H3,(H,14,17)(H,15,16). The first-order chi connectivity index (χ1) is 7.78. The molecule has 17 heavy (non-hydrogen) atoms. The molecule has 1 atom stereocenters. The van der Waals surface area contributed by atoms with E-state index in [1.165, 1.54) is 0 Å². The van der Waals surface area contributed by atoms with E-state index in [1.807, 2.05) is 27.7 Å². The lowest BCUT2D eigenvalue weighted by atomic mass is 9.84. The van der Waals surface area contributed by atoms with Gasteiger partial charge in [-0.15, -0.1) is 0 Å². The first-order valence-corrected chi connectivity index (χ1v) is 6.28. The van der Waals surface area contributed by atoms with Gasteiger partial charge in [0.2, 0.25) is 5.91 Å². The molecule has 0 aromatic rings. The summed E-state index contributed by atoms with van der Waals surface area (Å²) in [4.78, 5) is 22.0. The summed E-state index contributed by atoms with van der Waals surface area (Å²) < 4.78 is 0. The van der Waals surface area contributed by atoms with Gasteiger partial charge in [-0.05, 0) is 24.7 Å². The Labute approximate surface area is 104 Å². The van der Waals surface area contributed by atoms with Crippen LogP contribution in [0.4, 0.5) is 0 Å². The number of hydrogen-bond donors (Lipinski definition) is 2. The van der Waals surface area contributed by atoms with Crippen molar-refractivity contribution < 1.29 is 14.7 Å². The average molecular weight is 243 g/mol. The Balaban J connectivity index is 3.86. The molecule has 4 heteroatoms. The third-order valence-corrected chi connectivity index (χ3v) is 3.18. The fraction of sp³-hybridized carbons (Fsp3) is 0.846. The first-order valence-electron chi connectivity index (χ1n) is 6.28. The Kier molecular flexibility index (Phi) is 6.85. The number of aliphatic carboxylic acids is 1. The maximum absolute atomic E-state index is 11.5. The van der Waals surface area contributed by atoms with Crippen LogP contribution in [0.3, 0.4) is 0 Å². The van der Waals surface area contributed by atoms with Crippen LogP contribution < -0.4 is 5.32 Å². The smallest absolute Gasteiger partial charge is 0.303 e. The Morgan fingerprint density at radius 1 is 1.29 bits per heavy atom. The molecule has 0 aliphatic carbocycles. The minimum Gasteiger partial charge on any atom is -0.481 e. The lowest BCUT2D eigenvalue weighted by molar-refractivity contribution is -0.137. The van der Waals surface area contributed by atoms with E-state index in [4.69, 9.17) is 5.11 Å². The van der Waals surface area contributed by atoms with Gasteiger partial charge in [0.05, 0.1) is 0 Å². The second-order valence-electron chi connectivity index (χ2n) is 5.41. The molecule has 0 radical (unpaired) electrons. The summed E-state index contributed by atoms with van der Waals surface area (Å²) in [5.41, 5.74) is -0.0406. The van der Waals surface area contributed by atoms with E-state index in [2.05, 4.69) is 5.32 Å². The molecule has 0 heterocycles. The van der Waals surface area contributed by atoms with Gasteiger partial charge in [-0.3, -0.25) is 9.59 Å². The SMILES string of the molecule is CCC(C)C(=O)NCCC(C)(C)CCC(=O)O. The van der Waals surface area contributed by atoms with Crippen molar-refractivity contribution in [2.24, 2.45) is 11.3 Å². The molecule has 0 saturated carbocycles. The molecule has 0 aliphatic heterocycles. The summed E-state index contributed by atoms with van der Waals surface area (Å²) in [5.74, 6) is -0.625. The van der Waals surface area contributed by atoms with Crippen LogP contribution in [-0.2, 0) is 9.59 Å². The molecule has 0 aromatic carbocycles. The van der Waals surface area contributed by atoms with Crippen molar-refractivity contribution in [1.29, 1.82) is 0 Å². The highest BCUT2D eigenvalue weighted by Gasteiger charge is 2.19. The van der Waals surface area contributed by atoms with Gasteiger partial charge in [-0.1, -0.05) is 27.7 Å². The zero-order chi connectivity index (χ0) is 13.5. The van der Waals surface area contributed by atoms with Crippen LogP contribution in [0.25, 0.3) is 0 Å². The van der Waals surface area contributed by atoms with E-state index >= 15 is 0 Å². The largest absolute Gasteiger partial charge is 0.481 e. The molecule has 0 spiro atoms. The molecule has 0 saturated heterocycles. The molecule has 1 amide bonds. The zero-order valence-electron chi connectivity index (χ0n) is 11.4. The highest BCUT2D eigenvalue weighted by atomic mass is 16.4. The van der Waals surface area contributed by atoms with Crippen LogP contribution in [0.2, 0.25) is 0 Å². The van der Waals surface area contributed by atoms with Crippen LogP contribution in [0, 0.1) is 11.3 Å². The van der Waals surface area contributed by atoms with E-state index < -0.39 is 5.97 Å².